The molecule has 0 saturated carbocycles. The van der Waals surface area contributed by atoms with Crippen molar-refractivity contribution in [2.75, 3.05) is 12.4 Å². The van der Waals surface area contributed by atoms with E-state index in [0.717, 1.165) is 11.3 Å². The van der Waals surface area contributed by atoms with Crippen LogP contribution in [0.4, 0.5) is 5.69 Å². The molecule has 0 saturated heterocycles. The highest BCUT2D eigenvalue weighted by molar-refractivity contribution is 9.10. The number of carbonyl (C=O) groups excluding carboxylic acids is 1. The van der Waals surface area contributed by atoms with Gasteiger partial charge in [0, 0.05) is 22.6 Å². The molecule has 3 rings (SSSR count). The van der Waals surface area contributed by atoms with Crippen LogP contribution in [-0.2, 0) is 0 Å². The first kappa shape index (κ1) is 16.3. The zero-order valence-electron chi connectivity index (χ0n) is 13.2. The van der Waals surface area contributed by atoms with Gasteiger partial charge in [-0.25, -0.2) is 4.98 Å². The Morgan fingerprint density at radius 3 is 2.75 bits per heavy atom. The fourth-order valence-corrected chi connectivity index (χ4v) is 2.80. The monoisotopic (exact) mass is 386 g/mol. The van der Waals surface area contributed by atoms with Crippen molar-refractivity contribution < 1.29 is 13.9 Å². The van der Waals surface area contributed by atoms with Gasteiger partial charge in [0.2, 0.25) is 0 Å². The third kappa shape index (κ3) is 3.49. The van der Waals surface area contributed by atoms with Crippen LogP contribution < -0.4 is 10.1 Å². The van der Waals surface area contributed by atoms with Crippen molar-refractivity contribution in [3.63, 3.8) is 0 Å². The second-order valence-corrected chi connectivity index (χ2v) is 5.99. The summed E-state index contributed by atoms with van der Waals surface area (Å²) in [4.78, 5) is 16.8. The lowest BCUT2D eigenvalue weighted by molar-refractivity contribution is 0.102. The molecule has 122 valence electrons. The van der Waals surface area contributed by atoms with Crippen LogP contribution >= 0.6 is 15.9 Å². The molecule has 0 spiro atoms. The number of ether oxygens (including phenoxy) is 1. The van der Waals surface area contributed by atoms with Gasteiger partial charge in [0.05, 0.1) is 12.7 Å². The maximum Gasteiger partial charge on any atom is 0.256 e. The topological polar surface area (TPSA) is 64.4 Å². The van der Waals surface area contributed by atoms with Gasteiger partial charge in [-0.1, -0.05) is 12.1 Å². The van der Waals surface area contributed by atoms with Crippen LogP contribution in [0.2, 0.25) is 0 Å². The number of oxazole rings is 1. The van der Waals surface area contributed by atoms with E-state index in [9.17, 15) is 4.79 Å². The number of halogens is 1. The van der Waals surface area contributed by atoms with E-state index in [1.54, 1.807) is 38.5 Å². The van der Waals surface area contributed by atoms with Crippen molar-refractivity contribution in [1.82, 2.24) is 4.98 Å². The van der Waals surface area contributed by atoms with Gasteiger partial charge >= 0.3 is 0 Å². The summed E-state index contributed by atoms with van der Waals surface area (Å²) in [6.45, 7) is 1.79. The lowest BCUT2D eigenvalue weighted by Crippen LogP contribution is -2.12. The van der Waals surface area contributed by atoms with Gasteiger partial charge in [-0.05, 0) is 46.3 Å². The predicted molar refractivity (Wildman–Crippen MR) is 95.3 cm³/mol. The summed E-state index contributed by atoms with van der Waals surface area (Å²) in [5.74, 6) is 1.07. The molecule has 0 aliphatic heterocycles. The van der Waals surface area contributed by atoms with Crippen molar-refractivity contribution in [2.45, 2.75) is 6.92 Å². The number of hydrogen-bond acceptors (Lipinski definition) is 4. The highest BCUT2D eigenvalue weighted by Gasteiger charge is 2.12. The van der Waals surface area contributed by atoms with E-state index in [-0.39, 0.29) is 5.91 Å². The van der Waals surface area contributed by atoms with Crippen LogP contribution in [-0.4, -0.2) is 18.0 Å². The van der Waals surface area contributed by atoms with Gasteiger partial charge in [0.15, 0.2) is 5.89 Å². The quantitative estimate of drug-likeness (QED) is 0.707. The standard InChI is InChI=1S/C18H15BrN2O3/c1-11-20-17(10-24-11)12-4-3-5-13(8-12)21-18(22)15-7-6-14(23-2)9-16(15)19/h3-10H,1-2H3,(H,21,22). The molecule has 1 N–H and O–H groups in total. The van der Waals surface area contributed by atoms with E-state index in [0.29, 0.717) is 27.4 Å². The van der Waals surface area contributed by atoms with Gasteiger partial charge in [-0.2, -0.15) is 0 Å². The van der Waals surface area contributed by atoms with Gasteiger partial charge < -0.3 is 14.5 Å². The van der Waals surface area contributed by atoms with E-state index < -0.39 is 0 Å². The van der Waals surface area contributed by atoms with Crippen molar-refractivity contribution in [3.8, 4) is 17.0 Å². The summed E-state index contributed by atoms with van der Waals surface area (Å²) >= 11 is 3.39. The largest absolute Gasteiger partial charge is 0.497 e. The molecule has 1 amide bonds. The van der Waals surface area contributed by atoms with Crippen molar-refractivity contribution in [1.29, 1.82) is 0 Å². The molecule has 0 aliphatic carbocycles. The molecular formula is C18H15BrN2O3. The minimum absolute atomic E-state index is 0.210. The highest BCUT2D eigenvalue weighted by Crippen LogP contribution is 2.25. The van der Waals surface area contributed by atoms with Crippen LogP contribution in [0.1, 0.15) is 16.2 Å². The van der Waals surface area contributed by atoms with E-state index >= 15 is 0 Å². The van der Waals surface area contributed by atoms with Crippen LogP contribution in [0.5, 0.6) is 5.75 Å². The van der Waals surface area contributed by atoms with E-state index in [1.165, 1.54) is 0 Å². The van der Waals surface area contributed by atoms with Crippen molar-refractivity contribution >= 4 is 27.5 Å². The normalized spacial score (nSPS) is 10.5. The lowest BCUT2D eigenvalue weighted by atomic mass is 10.1. The summed E-state index contributed by atoms with van der Waals surface area (Å²) < 4.78 is 11.0. The number of nitrogens with one attached hydrogen (secondary N) is 1. The number of benzene rings is 2. The van der Waals surface area contributed by atoms with Crippen LogP contribution in [0.15, 0.2) is 57.6 Å². The molecule has 6 heteroatoms. The first-order valence-electron chi connectivity index (χ1n) is 7.24. The highest BCUT2D eigenvalue weighted by atomic mass is 79.9. The van der Waals surface area contributed by atoms with Crippen LogP contribution in [0.25, 0.3) is 11.3 Å². The molecule has 1 heterocycles. The smallest absolute Gasteiger partial charge is 0.256 e. The Labute approximate surface area is 147 Å². The van der Waals surface area contributed by atoms with Gasteiger partial charge in [0.25, 0.3) is 5.91 Å². The Hall–Kier alpha value is -2.60. The molecule has 0 bridgehead atoms. The van der Waals surface area contributed by atoms with Gasteiger partial charge in [-0.15, -0.1) is 0 Å². The fraction of sp³-hybridized carbons (Fsp3) is 0.111. The van der Waals surface area contributed by atoms with E-state index in [4.69, 9.17) is 9.15 Å². The second kappa shape index (κ2) is 6.88. The molecule has 0 radical (unpaired) electrons. The third-order valence-corrected chi connectivity index (χ3v) is 4.11. The molecule has 5 nitrogen and oxygen atoms in total. The molecular weight excluding hydrogens is 372 g/mol. The molecule has 0 aliphatic rings. The number of carbonyl (C=O) groups is 1. The van der Waals surface area contributed by atoms with Crippen LogP contribution in [0, 0.1) is 6.92 Å². The number of aryl methyl sites for hydroxylation is 1. The maximum atomic E-state index is 12.5. The number of amides is 1. The third-order valence-electron chi connectivity index (χ3n) is 3.46. The minimum Gasteiger partial charge on any atom is -0.497 e. The molecule has 0 atom stereocenters. The molecule has 24 heavy (non-hydrogen) atoms. The SMILES string of the molecule is COc1ccc(C(=O)Nc2cccc(-c3coc(C)n3)c2)c(Br)c1. The maximum absolute atomic E-state index is 12.5. The predicted octanol–water partition coefficient (Wildman–Crippen LogP) is 4.67. The average Bonchev–Trinajstić information content (AvgIpc) is 3.01. The number of nitrogens with zero attached hydrogens (tertiary/aromatic N) is 1. The van der Waals surface area contributed by atoms with Gasteiger partial charge in [0.1, 0.15) is 17.7 Å². The molecule has 0 unspecified atom stereocenters. The van der Waals surface area contributed by atoms with E-state index in [1.807, 2.05) is 24.3 Å². The average molecular weight is 387 g/mol. The molecule has 2 aromatic carbocycles. The summed E-state index contributed by atoms with van der Waals surface area (Å²) in [5, 5.41) is 2.89. The second-order valence-electron chi connectivity index (χ2n) is 5.13. The Kier molecular flexibility index (Phi) is 4.66. The number of rotatable bonds is 4. The zero-order chi connectivity index (χ0) is 17.1. The Morgan fingerprint density at radius 1 is 1.25 bits per heavy atom. The first-order chi connectivity index (χ1) is 11.6. The number of hydrogen-bond donors (Lipinski definition) is 1. The Morgan fingerprint density at radius 2 is 2.08 bits per heavy atom. The fourth-order valence-electron chi connectivity index (χ4n) is 2.26. The molecule has 0 fully saturated rings. The van der Waals surface area contributed by atoms with Crippen molar-refractivity contribution in [2.24, 2.45) is 0 Å². The van der Waals surface area contributed by atoms with Crippen molar-refractivity contribution in [3.05, 3.63) is 64.7 Å². The van der Waals surface area contributed by atoms with Crippen LogP contribution in [0.3, 0.4) is 0 Å². The summed E-state index contributed by atoms with van der Waals surface area (Å²) in [5.41, 5.74) is 2.81. The summed E-state index contributed by atoms with van der Waals surface area (Å²) in [6, 6.07) is 12.7. The summed E-state index contributed by atoms with van der Waals surface area (Å²) in [7, 11) is 1.58. The molecule has 3 aromatic rings. The number of methoxy groups -OCH3 is 1. The molecule has 1 aromatic heterocycles. The minimum atomic E-state index is -0.210. The lowest BCUT2D eigenvalue weighted by Gasteiger charge is -2.09. The Balaban J connectivity index is 1.82. The summed E-state index contributed by atoms with van der Waals surface area (Å²) in [6.07, 6.45) is 1.59. The zero-order valence-corrected chi connectivity index (χ0v) is 14.8. The van der Waals surface area contributed by atoms with Gasteiger partial charge in [-0.3, -0.25) is 4.79 Å². The number of aromatic nitrogens is 1. The Bertz CT molecular complexity index is 889. The van der Waals surface area contributed by atoms with E-state index in [2.05, 4.69) is 26.2 Å². The number of anilines is 1. The first-order valence-corrected chi connectivity index (χ1v) is 8.03.